The summed E-state index contributed by atoms with van der Waals surface area (Å²) in [7, 11) is 1.52. The van der Waals surface area contributed by atoms with Crippen molar-refractivity contribution >= 4 is 0 Å². The molecule has 0 heterocycles. The molecule has 21 heavy (non-hydrogen) atoms. The topological polar surface area (TPSA) is 29.5 Å². The zero-order chi connectivity index (χ0) is 15.7. The molecule has 0 aliphatic carbocycles. The molecule has 2 nitrogen and oxygen atoms in total. The van der Waals surface area contributed by atoms with Gasteiger partial charge in [0.1, 0.15) is 17.7 Å². The van der Waals surface area contributed by atoms with E-state index in [1.165, 1.54) is 7.11 Å². The van der Waals surface area contributed by atoms with Gasteiger partial charge in [-0.05, 0) is 48.7 Å². The maximum atomic E-state index is 13.8. The molecular weight excluding hydrogens is 281 g/mol. The fraction of sp³-hybridized carbons (Fsp3) is 0.250. The second kappa shape index (κ2) is 5.77. The molecule has 0 aliphatic rings. The van der Waals surface area contributed by atoms with Gasteiger partial charge in [-0.25, -0.2) is 13.2 Å². The van der Waals surface area contributed by atoms with Gasteiger partial charge < -0.3 is 9.84 Å². The average molecular weight is 296 g/mol. The zero-order valence-corrected chi connectivity index (χ0v) is 11.9. The van der Waals surface area contributed by atoms with Gasteiger partial charge in [-0.2, -0.15) is 0 Å². The smallest absolute Gasteiger partial charge is 0.161 e. The highest BCUT2D eigenvalue weighted by atomic mass is 19.2. The van der Waals surface area contributed by atoms with E-state index < -0.39 is 23.6 Å². The lowest BCUT2D eigenvalue weighted by Crippen LogP contribution is -2.07. The first-order valence-electron chi connectivity index (χ1n) is 6.32. The quantitative estimate of drug-likeness (QED) is 0.873. The molecule has 0 saturated heterocycles. The molecule has 0 spiro atoms. The van der Waals surface area contributed by atoms with Crippen molar-refractivity contribution in [1.82, 2.24) is 0 Å². The van der Waals surface area contributed by atoms with Crippen LogP contribution in [0.2, 0.25) is 0 Å². The van der Waals surface area contributed by atoms with E-state index in [1.807, 2.05) is 0 Å². The second-order valence-corrected chi connectivity index (χ2v) is 4.87. The van der Waals surface area contributed by atoms with Crippen molar-refractivity contribution in [3.63, 3.8) is 0 Å². The SMILES string of the molecule is COc1cc(C)c(C(O)c2cc(F)c(F)cc2F)cc1C. The Morgan fingerprint density at radius 2 is 1.48 bits per heavy atom. The fourth-order valence-electron chi connectivity index (χ4n) is 2.24. The Balaban J connectivity index is 2.52. The summed E-state index contributed by atoms with van der Waals surface area (Å²) in [6.07, 6.45) is -1.38. The van der Waals surface area contributed by atoms with Gasteiger partial charge >= 0.3 is 0 Å². The zero-order valence-electron chi connectivity index (χ0n) is 11.9. The molecule has 0 bridgehead atoms. The van der Waals surface area contributed by atoms with Gasteiger partial charge in [0.25, 0.3) is 0 Å². The van der Waals surface area contributed by atoms with Crippen molar-refractivity contribution in [2.75, 3.05) is 7.11 Å². The fourth-order valence-corrected chi connectivity index (χ4v) is 2.24. The Hall–Kier alpha value is -2.01. The summed E-state index contributed by atoms with van der Waals surface area (Å²) in [6.45, 7) is 3.49. The Bertz CT molecular complexity index is 684. The minimum atomic E-state index is -1.38. The summed E-state index contributed by atoms with van der Waals surface area (Å²) >= 11 is 0. The van der Waals surface area contributed by atoms with Gasteiger partial charge in [-0.3, -0.25) is 0 Å². The van der Waals surface area contributed by atoms with Crippen LogP contribution in [-0.4, -0.2) is 12.2 Å². The highest BCUT2D eigenvalue weighted by Gasteiger charge is 2.21. The van der Waals surface area contributed by atoms with Gasteiger partial charge in [0.05, 0.1) is 7.11 Å². The largest absolute Gasteiger partial charge is 0.496 e. The number of aryl methyl sites for hydroxylation is 2. The lowest BCUT2D eigenvalue weighted by Gasteiger charge is -2.17. The molecule has 0 fully saturated rings. The highest BCUT2D eigenvalue weighted by Crippen LogP contribution is 2.32. The van der Waals surface area contributed by atoms with Crippen molar-refractivity contribution < 1.29 is 23.0 Å². The molecule has 0 amide bonds. The van der Waals surface area contributed by atoms with Crippen LogP contribution in [0.4, 0.5) is 13.2 Å². The first-order valence-corrected chi connectivity index (χ1v) is 6.32. The van der Waals surface area contributed by atoms with E-state index in [2.05, 4.69) is 0 Å². The van der Waals surface area contributed by atoms with Crippen LogP contribution in [0.5, 0.6) is 5.75 Å². The lowest BCUT2D eigenvalue weighted by molar-refractivity contribution is 0.213. The molecule has 1 N–H and O–H groups in total. The van der Waals surface area contributed by atoms with Gasteiger partial charge in [0, 0.05) is 11.6 Å². The maximum absolute atomic E-state index is 13.8. The van der Waals surface area contributed by atoms with E-state index in [-0.39, 0.29) is 5.56 Å². The second-order valence-electron chi connectivity index (χ2n) is 4.87. The first-order chi connectivity index (χ1) is 9.85. The molecule has 0 saturated carbocycles. The third-order valence-corrected chi connectivity index (χ3v) is 3.41. The van der Waals surface area contributed by atoms with Crippen LogP contribution in [0.25, 0.3) is 0 Å². The van der Waals surface area contributed by atoms with Gasteiger partial charge in [0.2, 0.25) is 0 Å². The molecule has 112 valence electrons. The number of ether oxygens (including phenoxy) is 1. The monoisotopic (exact) mass is 296 g/mol. The third kappa shape index (κ3) is 2.88. The number of aliphatic hydroxyl groups is 1. The van der Waals surface area contributed by atoms with Gasteiger partial charge in [0.15, 0.2) is 11.6 Å². The summed E-state index contributed by atoms with van der Waals surface area (Å²) in [5, 5.41) is 10.3. The van der Waals surface area contributed by atoms with E-state index in [0.29, 0.717) is 29.0 Å². The molecule has 0 aromatic heterocycles. The van der Waals surface area contributed by atoms with Crippen molar-refractivity contribution in [1.29, 1.82) is 0 Å². The number of hydrogen-bond donors (Lipinski definition) is 1. The Labute approximate surface area is 120 Å². The molecule has 2 rings (SSSR count). The molecule has 1 unspecified atom stereocenters. The minimum Gasteiger partial charge on any atom is -0.496 e. The van der Waals surface area contributed by atoms with Crippen LogP contribution in [0.15, 0.2) is 24.3 Å². The minimum absolute atomic E-state index is 0.304. The molecule has 0 radical (unpaired) electrons. The van der Waals surface area contributed by atoms with Crippen LogP contribution in [0.3, 0.4) is 0 Å². The number of methoxy groups -OCH3 is 1. The number of benzene rings is 2. The first kappa shape index (κ1) is 15.4. The van der Waals surface area contributed by atoms with E-state index in [4.69, 9.17) is 4.74 Å². The van der Waals surface area contributed by atoms with Crippen LogP contribution in [-0.2, 0) is 0 Å². The summed E-state index contributed by atoms with van der Waals surface area (Å²) in [6, 6.07) is 4.44. The van der Waals surface area contributed by atoms with E-state index >= 15 is 0 Å². The normalized spacial score (nSPS) is 12.3. The van der Waals surface area contributed by atoms with Gasteiger partial charge in [-0.1, -0.05) is 0 Å². The number of aliphatic hydroxyl groups excluding tert-OH is 1. The van der Waals surface area contributed by atoms with Crippen molar-refractivity contribution in [3.05, 3.63) is 64.0 Å². The summed E-state index contributed by atoms with van der Waals surface area (Å²) in [5.74, 6) is -2.84. The van der Waals surface area contributed by atoms with Crippen LogP contribution < -0.4 is 4.74 Å². The summed E-state index contributed by atoms with van der Waals surface area (Å²) < 4.78 is 45.1. The van der Waals surface area contributed by atoms with Crippen molar-refractivity contribution in [2.24, 2.45) is 0 Å². The predicted octanol–water partition coefficient (Wildman–Crippen LogP) is 3.81. The number of halogens is 3. The highest BCUT2D eigenvalue weighted by molar-refractivity contribution is 5.45. The summed E-state index contributed by atoms with van der Waals surface area (Å²) in [4.78, 5) is 0. The molecule has 5 heteroatoms. The van der Waals surface area contributed by atoms with E-state index in [9.17, 15) is 18.3 Å². The van der Waals surface area contributed by atoms with Gasteiger partial charge in [-0.15, -0.1) is 0 Å². The molecular formula is C16H15F3O2. The average Bonchev–Trinajstić information content (AvgIpc) is 2.44. The molecule has 1 atom stereocenters. The van der Waals surface area contributed by atoms with Crippen molar-refractivity contribution in [2.45, 2.75) is 20.0 Å². The molecule has 2 aromatic carbocycles. The van der Waals surface area contributed by atoms with Crippen LogP contribution in [0.1, 0.15) is 28.4 Å². The number of rotatable bonds is 3. The standard InChI is InChI=1S/C16H15F3O2/c1-8-5-15(21-3)9(2)4-10(8)16(20)11-6-13(18)14(19)7-12(11)17/h4-7,16,20H,1-3H3. The molecule has 2 aromatic rings. The van der Waals surface area contributed by atoms with Crippen molar-refractivity contribution in [3.8, 4) is 5.75 Å². The van der Waals surface area contributed by atoms with Crippen LogP contribution in [0, 0.1) is 31.3 Å². The molecule has 0 aliphatic heterocycles. The van der Waals surface area contributed by atoms with Crippen LogP contribution >= 0.6 is 0 Å². The Morgan fingerprint density at radius 1 is 0.857 bits per heavy atom. The predicted molar refractivity (Wildman–Crippen MR) is 72.8 cm³/mol. The van der Waals surface area contributed by atoms with E-state index in [0.717, 1.165) is 5.56 Å². The number of hydrogen-bond acceptors (Lipinski definition) is 2. The summed E-state index contributed by atoms with van der Waals surface area (Å²) in [5.41, 5.74) is 1.52. The Morgan fingerprint density at radius 3 is 2.10 bits per heavy atom. The maximum Gasteiger partial charge on any atom is 0.161 e. The third-order valence-electron chi connectivity index (χ3n) is 3.41. The van der Waals surface area contributed by atoms with E-state index in [1.54, 1.807) is 26.0 Å². The Kier molecular flexibility index (Phi) is 4.23. The lowest BCUT2D eigenvalue weighted by atomic mass is 9.95.